The Morgan fingerprint density at radius 2 is 2.08 bits per heavy atom. The van der Waals surface area contributed by atoms with Gasteiger partial charge in [-0.3, -0.25) is 4.79 Å². The molecule has 1 unspecified atom stereocenters. The van der Waals surface area contributed by atoms with Crippen LogP contribution in [0.15, 0.2) is 45.3 Å². The smallest absolute Gasteiger partial charge is 0.273 e. The molecule has 8 nitrogen and oxygen atoms in total. The Bertz CT molecular complexity index is 810. The molecule has 2 N–H and O–H groups in total. The average Bonchev–Trinajstić information content (AvgIpc) is 3.25. The zero-order valence-electron chi connectivity index (χ0n) is 13.0. The van der Waals surface area contributed by atoms with Crippen LogP contribution in [0.1, 0.15) is 35.3 Å². The fourth-order valence-corrected chi connectivity index (χ4v) is 2.03. The lowest BCUT2D eigenvalue weighted by Gasteiger charge is -1.99. The predicted octanol–water partition coefficient (Wildman–Crippen LogP) is 1.75. The summed E-state index contributed by atoms with van der Waals surface area (Å²) in [5, 5.41) is 23.3. The average molecular weight is 328 g/mol. The van der Waals surface area contributed by atoms with E-state index in [9.17, 15) is 9.90 Å². The molecular formula is C16H16N4O4. The van der Waals surface area contributed by atoms with Crippen molar-refractivity contribution in [1.29, 1.82) is 0 Å². The van der Waals surface area contributed by atoms with Gasteiger partial charge in [0.2, 0.25) is 11.8 Å². The lowest BCUT2D eigenvalue weighted by atomic mass is 10.1. The highest BCUT2D eigenvalue weighted by Gasteiger charge is 2.14. The highest BCUT2D eigenvalue weighted by Crippen LogP contribution is 2.19. The van der Waals surface area contributed by atoms with E-state index in [1.807, 2.05) is 30.3 Å². The molecule has 0 spiro atoms. The number of aliphatic hydroxyl groups excluding tert-OH is 1. The molecule has 0 aliphatic carbocycles. The maximum Gasteiger partial charge on any atom is 0.273 e. The number of aliphatic hydroxyl groups is 1. The Morgan fingerprint density at radius 3 is 2.79 bits per heavy atom. The molecule has 1 atom stereocenters. The minimum atomic E-state index is -0.813. The van der Waals surface area contributed by atoms with E-state index in [4.69, 9.17) is 8.94 Å². The Hall–Kier alpha value is -3.00. The van der Waals surface area contributed by atoms with Crippen LogP contribution >= 0.6 is 0 Å². The molecule has 2 aromatic heterocycles. The van der Waals surface area contributed by atoms with E-state index < -0.39 is 6.10 Å². The van der Waals surface area contributed by atoms with E-state index in [0.717, 1.165) is 5.56 Å². The number of hydrogen-bond acceptors (Lipinski definition) is 7. The zero-order valence-corrected chi connectivity index (χ0v) is 13.0. The lowest BCUT2D eigenvalue weighted by Crippen LogP contribution is -2.26. The maximum absolute atomic E-state index is 12.1. The fourth-order valence-electron chi connectivity index (χ4n) is 2.03. The molecule has 0 radical (unpaired) electrons. The van der Waals surface area contributed by atoms with Crippen LogP contribution in [0.25, 0.3) is 11.3 Å². The molecule has 0 aliphatic rings. The van der Waals surface area contributed by atoms with Gasteiger partial charge in [-0.05, 0) is 6.92 Å². The normalized spacial score (nSPS) is 12.1. The van der Waals surface area contributed by atoms with E-state index in [-0.39, 0.29) is 17.5 Å². The van der Waals surface area contributed by atoms with Crippen LogP contribution in [0.5, 0.6) is 0 Å². The van der Waals surface area contributed by atoms with Crippen LogP contribution in [0, 0.1) is 0 Å². The summed E-state index contributed by atoms with van der Waals surface area (Å²) in [5.74, 6) is 0.673. The maximum atomic E-state index is 12.1. The van der Waals surface area contributed by atoms with Gasteiger partial charge in [0.25, 0.3) is 5.91 Å². The number of amides is 1. The number of rotatable bonds is 6. The first-order valence-electron chi connectivity index (χ1n) is 7.44. The van der Waals surface area contributed by atoms with E-state index in [1.165, 1.54) is 6.92 Å². The van der Waals surface area contributed by atoms with E-state index in [2.05, 4.69) is 20.7 Å². The summed E-state index contributed by atoms with van der Waals surface area (Å²) in [5.41, 5.74) is 1.05. The standard InChI is InChI=1S/C16H16N4O4/c1-10(21)16-19-18-14(23-16)7-8-17-15(22)12-9-13(24-20-12)11-5-3-2-4-6-11/h2-6,9-10,21H,7-8H2,1H3,(H,17,22). The van der Waals surface area contributed by atoms with Crippen LogP contribution in [0.3, 0.4) is 0 Å². The van der Waals surface area contributed by atoms with Crippen molar-refractivity contribution in [3.05, 3.63) is 53.9 Å². The molecule has 3 aromatic rings. The number of nitrogens with one attached hydrogen (secondary N) is 1. The second-order valence-electron chi connectivity index (χ2n) is 5.16. The lowest BCUT2D eigenvalue weighted by molar-refractivity contribution is 0.0944. The van der Waals surface area contributed by atoms with Gasteiger partial charge in [0.1, 0.15) is 6.10 Å². The largest absolute Gasteiger partial charge is 0.422 e. The Balaban J connectivity index is 1.54. The minimum Gasteiger partial charge on any atom is -0.422 e. The van der Waals surface area contributed by atoms with Crippen LogP contribution in [0.2, 0.25) is 0 Å². The quantitative estimate of drug-likeness (QED) is 0.708. The Labute approximate surface area is 137 Å². The van der Waals surface area contributed by atoms with Crippen molar-refractivity contribution in [3.8, 4) is 11.3 Å². The van der Waals surface area contributed by atoms with Gasteiger partial charge in [0.15, 0.2) is 11.5 Å². The number of carbonyl (C=O) groups excluding carboxylic acids is 1. The summed E-state index contributed by atoms with van der Waals surface area (Å²) in [6.07, 6.45) is -0.457. The van der Waals surface area contributed by atoms with Crippen LogP contribution in [-0.2, 0) is 6.42 Å². The number of aromatic nitrogens is 3. The van der Waals surface area contributed by atoms with Crippen molar-refractivity contribution >= 4 is 5.91 Å². The molecular weight excluding hydrogens is 312 g/mol. The van der Waals surface area contributed by atoms with Crippen molar-refractivity contribution in [2.75, 3.05) is 6.54 Å². The summed E-state index contributed by atoms with van der Waals surface area (Å²) < 4.78 is 10.4. The third-order valence-corrected chi connectivity index (χ3v) is 3.27. The Morgan fingerprint density at radius 1 is 1.29 bits per heavy atom. The SMILES string of the molecule is CC(O)c1nnc(CCNC(=O)c2cc(-c3ccccc3)on2)o1. The molecule has 8 heteroatoms. The van der Waals surface area contributed by atoms with Crippen molar-refractivity contribution in [3.63, 3.8) is 0 Å². The molecule has 3 rings (SSSR count). The Kier molecular flexibility index (Phi) is 4.66. The van der Waals surface area contributed by atoms with Crippen molar-refractivity contribution in [2.45, 2.75) is 19.4 Å². The molecule has 0 saturated carbocycles. The highest BCUT2D eigenvalue weighted by molar-refractivity contribution is 5.93. The van der Waals surface area contributed by atoms with Gasteiger partial charge in [-0.15, -0.1) is 10.2 Å². The molecule has 1 amide bonds. The first-order valence-corrected chi connectivity index (χ1v) is 7.44. The van der Waals surface area contributed by atoms with Crippen LogP contribution in [0.4, 0.5) is 0 Å². The predicted molar refractivity (Wildman–Crippen MR) is 82.9 cm³/mol. The number of carbonyl (C=O) groups is 1. The number of nitrogens with zero attached hydrogens (tertiary/aromatic N) is 3. The molecule has 124 valence electrons. The van der Waals surface area contributed by atoms with Crippen molar-refractivity contribution in [2.24, 2.45) is 0 Å². The first-order chi connectivity index (χ1) is 11.6. The van der Waals surface area contributed by atoms with Gasteiger partial charge in [-0.1, -0.05) is 35.5 Å². The number of benzene rings is 1. The van der Waals surface area contributed by atoms with Gasteiger partial charge in [-0.2, -0.15) is 0 Å². The second-order valence-corrected chi connectivity index (χ2v) is 5.16. The summed E-state index contributed by atoms with van der Waals surface area (Å²) in [6, 6.07) is 11.0. The second kappa shape index (κ2) is 7.05. The van der Waals surface area contributed by atoms with Crippen LogP contribution in [-0.4, -0.2) is 32.9 Å². The van der Waals surface area contributed by atoms with Gasteiger partial charge >= 0.3 is 0 Å². The molecule has 1 aromatic carbocycles. The van der Waals surface area contributed by atoms with Gasteiger partial charge < -0.3 is 19.4 Å². The van der Waals surface area contributed by atoms with Crippen molar-refractivity contribution in [1.82, 2.24) is 20.7 Å². The van der Waals surface area contributed by atoms with Crippen LogP contribution < -0.4 is 5.32 Å². The third kappa shape index (κ3) is 3.66. The minimum absolute atomic E-state index is 0.153. The molecule has 0 saturated heterocycles. The summed E-state index contributed by atoms with van der Waals surface area (Å²) in [4.78, 5) is 12.1. The molecule has 0 aliphatic heterocycles. The first kappa shape index (κ1) is 15.9. The van der Waals surface area contributed by atoms with E-state index in [1.54, 1.807) is 6.07 Å². The summed E-state index contributed by atoms with van der Waals surface area (Å²) in [6.45, 7) is 1.84. The highest BCUT2D eigenvalue weighted by atomic mass is 16.5. The fraction of sp³-hybridized carbons (Fsp3) is 0.250. The number of hydrogen-bond donors (Lipinski definition) is 2. The molecule has 0 bridgehead atoms. The van der Waals surface area contributed by atoms with Gasteiger partial charge in [0.05, 0.1) is 0 Å². The van der Waals surface area contributed by atoms with E-state index in [0.29, 0.717) is 24.6 Å². The topological polar surface area (TPSA) is 114 Å². The molecule has 0 fully saturated rings. The van der Waals surface area contributed by atoms with E-state index >= 15 is 0 Å². The monoisotopic (exact) mass is 328 g/mol. The molecule has 24 heavy (non-hydrogen) atoms. The zero-order chi connectivity index (χ0) is 16.9. The van der Waals surface area contributed by atoms with Gasteiger partial charge in [0, 0.05) is 24.6 Å². The van der Waals surface area contributed by atoms with Crippen molar-refractivity contribution < 1.29 is 18.8 Å². The summed E-state index contributed by atoms with van der Waals surface area (Å²) >= 11 is 0. The molecule has 2 heterocycles. The summed E-state index contributed by atoms with van der Waals surface area (Å²) in [7, 11) is 0. The third-order valence-electron chi connectivity index (χ3n) is 3.27. The van der Waals surface area contributed by atoms with Gasteiger partial charge in [-0.25, -0.2) is 0 Å².